The molecule has 0 aliphatic rings. The molecule has 0 amide bonds. The van der Waals surface area contributed by atoms with Gasteiger partial charge in [-0.05, 0) is 26.0 Å². The Morgan fingerprint density at radius 2 is 2.18 bits per heavy atom. The van der Waals surface area contributed by atoms with Crippen LogP contribution in [0.2, 0.25) is 0 Å². The smallest absolute Gasteiger partial charge is 0.177 e. The van der Waals surface area contributed by atoms with Crippen LogP contribution >= 0.6 is 0 Å². The molecule has 4 heteroatoms. The van der Waals surface area contributed by atoms with Crippen LogP contribution in [0.15, 0.2) is 34.9 Å². The lowest BCUT2D eigenvalue weighted by molar-refractivity contribution is 0.181. The Balaban J connectivity index is 2.19. The molecule has 1 unspecified atom stereocenters. The average molecular weight is 228 g/mol. The van der Waals surface area contributed by atoms with Crippen molar-refractivity contribution in [2.24, 2.45) is 0 Å². The molecule has 1 heterocycles. The minimum Gasteiger partial charge on any atom is -0.481 e. The van der Waals surface area contributed by atoms with Gasteiger partial charge in [0.2, 0.25) is 0 Å². The number of rotatable bonds is 3. The fraction of sp³-hybridized carbons (Fsp3) is 0.231. The van der Waals surface area contributed by atoms with Gasteiger partial charge in [0.15, 0.2) is 11.9 Å². The molecule has 4 nitrogen and oxygen atoms in total. The molecule has 17 heavy (non-hydrogen) atoms. The van der Waals surface area contributed by atoms with E-state index in [9.17, 15) is 0 Å². The van der Waals surface area contributed by atoms with Crippen molar-refractivity contribution in [1.82, 2.24) is 5.16 Å². The molecule has 1 atom stereocenters. The zero-order valence-corrected chi connectivity index (χ0v) is 9.68. The van der Waals surface area contributed by atoms with Crippen molar-refractivity contribution in [2.75, 3.05) is 0 Å². The van der Waals surface area contributed by atoms with Gasteiger partial charge in [-0.2, -0.15) is 5.26 Å². The third kappa shape index (κ3) is 2.45. The summed E-state index contributed by atoms with van der Waals surface area (Å²) in [7, 11) is 0. The summed E-state index contributed by atoms with van der Waals surface area (Å²) in [5, 5.41) is 12.7. The number of hydrogen-bond donors (Lipinski definition) is 0. The van der Waals surface area contributed by atoms with Crippen LogP contribution in [-0.4, -0.2) is 5.16 Å². The second kappa shape index (κ2) is 4.71. The molecular weight excluding hydrogens is 216 g/mol. The number of benzene rings is 1. The molecular formula is C13H12N2O2. The molecule has 0 saturated heterocycles. The minimum atomic E-state index is -0.273. The normalized spacial score (nSPS) is 11.8. The highest BCUT2D eigenvalue weighted by Crippen LogP contribution is 2.24. The molecule has 0 bridgehead atoms. The van der Waals surface area contributed by atoms with Gasteiger partial charge in [-0.1, -0.05) is 17.3 Å². The second-order valence-corrected chi connectivity index (χ2v) is 3.74. The Kier molecular flexibility index (Phi) is 3.10. The lowest BCUT2D eigenvalue weighted by Gasteiger charge is -2.12. The maximum absolute atomic E-state index is 8.94. The molecule has 0 N–H and O–H groups in total. The van der Waals surface area contributed by atoms with Crippen molar-refractivity contribution in [1.29, 1.82) is 5.26 Å². The lowest BCUT2D eigenvalue weighted by Crippen LogP contribution is -2.03. The summed E-state index contributed by atoms with van der Waals surface area (Å²) in [4.78, 5) is 0. The van der Waals surface area contributed by atoms with Crippen molar-refractivity contribution >= 4 is 0 Å². The van der Waals surface area contributed by atoms with E-state index in [0.29, 0.717) is 17.1 Å². The zero-order chi connectivity index (χ0) is 12.3. The van der Waals surface area contributed by atoms with E-state index < -0.39 is 0 Å². The first-order chi connectivity index (χ1) is 8.20. The molecule has 0 aliphatic heterocycles. The summed E-state index contributed by atoms with van der Waals surface area (Å²) in [6.07, 6.45) is -0.273. The molecule has 0 spiro atoms. The molecule has 2 rings (SSSR count). The van der Waals surface area contributed by atoms with Gasteiger partial charge in [-0.25, -0.2) is 0 Å². The number of aromatic nitrogens is 1. The van der Waals surface area contributed by atoms with Gasteiger partial charge < -0.3 is 9.26 Å². The van der Waals surface area contributed by atoms with Crippen molar-refractivity contribution < 1.29 is 9.26 Å². The lowest BCUT2D eigenvalue weighted by atomic mass is 10.2. The van der Waals surface area contributed by atoms with Crippen LogP contribution < -0.4 is 4.74 Å². The number of nitriles is 1. The summed E-state index contributed by atoms with van der Waals surface area (Å²) < 4.78 is 10.8. The van der Waals surface area contributed by atoms with Crippen molar-refractivity contribution in [3.63, 3.8) is 0 Å². The fourth-order valence-corrected chi connectivity index (χ4v) is 1.49. The van der Waals surface area contributed by atoms with Gasteiger partial charge >= 0.3 is 0 Å². The van der Waals surface area contributed by atoms with Gasteiger partial charge in [0, 0.05) is 6.07 Å². The molecule has 1 aromatic heterocycles. The van der Waals surface area contributed by atoms with Crippen molar-refractivity contribution in [3.05, 3.63) is 47.3 Å². The van der Waals surface area contributed by atoms with Crippen molar-refractivity contribution in [3.8, 4) is 11.8 Å². The monoisotopic (exact) mass is 228 g/mol. The van der Waals surface area contributed by atoms with E-state index in [4.69, 9.17) is 14.5 Å². The number of nitrogens with zero attached hydrogens (tertiary/aromatic N) is 2. The summed E-state index contributed by atoms with van der Waals surface area (Å²) in [5.41, 5.74) is 1.32. The van der Waals surface area contributed by atoms with Crippen LogP contribution in [0.25, 0.3) is 0 Å². The third-order valence-corrected chi connectivity index (χ3v) is 2.36. The van der Waals surface area contributed by atoms with Gasteiger partial charge in [-0.3, -0.25) is 0 Å². The highest BCUT2D eigenvalue weighted by atomic mass is 16.5. The second-order valence-electron chi connectivity index (χ2n) is 3.74. The van der Waals surface area contributed by atoms with E-state index in [2.05, 4.69) is 11.2 Å². The Morgan fingerprint density at radius 1 is 1.41 bits per heavy atom. The van der Waals surface area contributed by atoms with Gasteiger partial charge in [0.05, 0.1) is 11.3 Å². The Bertz CT molecular complexity index is 555. The van der Waals surface area contributed by atoms with Crippen LogP contribution in [0.5, 0.6) is 5.75 Å². The number of ether oxygens (including phenoxy) is 1. The number of hydrogen-bond acceptors (Lipinski definition) is 4. The van der Waals surface area contributed by atoms with E-state index in [1.54, 1.807) is 18.2 Å². The molecule has 0 aliphatic carbocycles. The SMILES string of the molecule is Cc1cc(C(C)Oc2ccccc2C#N)on1. The quantitative estimate of drug-likeness (QED) is 0.810. The molecule has 2 aromatic rings. The molecule has 86 valence electrons. The predicted octanol–water partition coefficient (Wildman–Crippen LogP) is 2.99. The largest absolute Gasteiger partial charge is 0.481 e. The first-order valence-corrected chi connectivity index (χ1v) is 5.29. The first-order valence-electron chi connectivity index (χ1n) is 5.29. The zero-order valence-electron chi connectivity index (χ0n) is 9.68. The van der Waals surface area contributed by atoms with E-state index in [1.165, 1.54) is 0 Å². The van der Waals surface area contributed by atoms with Gasteiger partial charge in [-0.15, -0.1) is 0 Å². The topological polar surface area (TPSA) is 59.0 Å². The fourth-order valence-electron chi connectivity index (χ4n) is 1.49. The number of aryl methyl sites for hydroxylation is 1. The number of para-hydroxylation sites is 1. The Labute approximate surface area is 99.4 Å². The van der Waals surface area contributed by atoms with E-state index in [-0.39, 0.29) is 6.10 Å². The molecule has 0 fully saturated rings. The highest BCUT2D eigenvalue weighted by Gasteiger charge is 2.14. The van der Waals surface area contributed by atoms with E-state index >= 15 is 0 Å². The third-order valence-electron chi connectivity index (χ3n) is 2.36. The maximum Gasteiger partial charge on any atom is 0.177 e. The molecule has 0 saturated carbocycles. The van der Waals surface area contributed by atoms with E-state index in [1.807, 2.05) is 26.0 Å². The van der Waals surface area contributed by atoms with Gasteiger partial charge in [0.1, 0.15) is 11.8 Å². The first kappa shape index (κ1) is 11.2. The predicted molar refractivity (Wildman–Crippen MR) is 61.4 cm³/mol. The van der Waals surface area contributed by atoms with Crippen LogP contribution in [0.1, 0.15) is 30.0 Å². The Morgan fingerprint density at radius 3 is 2.82 bits per heavy atom. The molecule has 1 aromatic carbocycles. The van der Waals surface area contributed by atoms with Gasteiger partial charge in [0.25, 0.3) is 0 Å². The highest BCUT2D eigenvalue weighted by molar-refractivity contribution is 5.42. The molecule has 0 radical (unpaired) electrons. The summed E-state index contributed by atoms with van der Waals surface area (Å²) >= 11 is 0. The van der Waals surface area contributed by atoms with Crippen LogP contribution in [-0.2, 0) is 0 Å². The van der Waals surface area contributed by atoms with Crippen molar-refractivity contribution in [2.45, 2.75) is 20.0 Å². The summed E-state index contributed by atoms with van der Waals surface area (Å²) in [5.74, 6) is 1.20. The summed E-state index contributed by atoms with van der Waals surface area (Å²) in [6, 6.07) is 11.0. The summed E-state index contributed by atoms with van der Waals surface area (Å²) in [6.45, 7) is 3.71. The van der Waals surface area contributed by atoms with Crippen LogP contribution in [0, 0.1) is 18.3 Å². The van der Waals surface area contributed by atoms with Crippen LogP contribution in [0.4, 0.5) is 0 Å². The average Bonchev–Trinajstić information content (AvgIpc) is 2.77. The maximum atomic E-state index is 8.94. The Hall–Kier alpha value is -2.28. The minimum absolute atomic E-state index is 0.273. The van der Waals surface area contributed by atoms with Crippen LogP contribution in [0.3, 0.4) is 0 Å². The van der Waals surface area contributed by atoms with E-state index in [0.717, 1.165) is 5.69 Å². The standard InChI is InChI=1S/C13H12N2O2/c1-9-7-13(17-15-9)10(2)16-12-6-4-3-5-11(12)8-14/h3-7,10H,1-2H3.